The first-order chi connectivity index (χ1) is 11.3. The fourth-order valence-electron chi connectivity index (χ4n) is 2.02. The molecule has 0 aliphatic carbocycles. The molecule has 0 aliphatic heterocycles. The van der Waals surface area contributed by atoms with Crippen LogP contribution in [0.3, 0.4) is 0 Å². The highest BCUT2D eigenvalue weighted by molar-refractivity contribution is 4.46. The third-order valence-corrected chi connectivity index (χ3v) is 3.26. The number of aliphatic hydroxyl groups is 1. The minimum absolute atomic E-state index is 0.104. The monoisotopic (exact) mass is 338 g/mol. The Kier molecular flexibility index (Phi) is 19.5. The van der Waals surface area contributed by atoms with Crippen LogP contribution < -0.4 is 0 Å². The van der Waals surface area contributed by atoms with Gasteiger partial charge in [0.1, 0.15) is 6.61 Å². The second kappa shape index (κ2) is 19.8. The quantitative estimate of drug-likeness (QED) is 0.165. The Labute approximate surface area is 139 Å². The van der Waals surface area contributed by atoms with Gasteiger partial charge in [0.05, 0.1) is 13.2 Å². The standard InChI is InChI=1S/C16H34O7/c1-3-4-5-6-7-8-9-10-11-12-13-19-21-23-22-20-15-14-18-16(2)17/h16-17H,3-15H2,1-2H3. The molecule has 1 atom stereocenters. The van der Waals surface area contributed by atoms with Gasteiger partial charge < -0.3 is 9.84 Å². The predicted molar refractivity (Wildman–Crippen MR) is 84.6 cm³/mol. The summed E-state index contributed by atoms with van der Waals surface area (Å²) in [5.74, 6) is 0. The van der Waals surface area contributed by atoms with E-state index in [2.05, 4.69) is 26.9 Å². The fraction of sp³-hybridized carbons (Fsp3) is 1.00. The van der Waals surface area contributed by atoms with Crippen molar-refractivity contribution in [2.75, 3.05) is 19.8 Å². The molecule has 7 nitrogen and oxygen atoms in total. The molecule has 0 aromatic carbocycles. The van der Waals surface area contributed by atoms with Crippen molar-refractivity contribution in [1.29, 1.82) is 0 Å². The summed E-state index contributed by atoms with van der Waals surface area (Å²) in [4.78, 5) is 9.28. The van der Waals surface area contributed by atoms with E-state index in [9.17, 15) is 0 Å². The Morgan fingerprint density at radius 3 is 1.74 bits per heavy atom. The van der Waals surface area contributed by atoms with Crippen LogP contribution in [0.1, 0.15) is 78.1 Å². The molecule has 0 amide bonds. The zero-order valence-corrected chi connectivity index (χ0v) is 14.7. The van der Waals surface area contributed by atoms with Crippen LogP contribution in [-0.4, -0.2) is 31.2 Å². The van der Waals surface area contributed by atoms with Crippen LogP contribution in [0.2, 0.25) is 0 Å². The summed E-state index contributed by atoms with van der Waals surface area (Å²) in [6.07, 6.45) is 11.8. The van der Waals surface area contributed by atoms with Gasteiger partial charge in [0.15, 0.2) is 6.29 Å². The molecule has 0 rings (SSSR count). The molecule has 0 bridgehead atoms. The van der Waals surface area contributed by atoms with Crippen molar-refractivity contribution >= 4 is 0 Å². The average Bonchev–Trinajstić information content (AvgIpc) is 2.53. The highest BCUT2D eigenvalue weighted by Crippen LogP contribution is 2.10. The lowest BCUT2D eigenvalue weighted by Crippen LogP contribution is -2.12. The van der Waals surface area contributed by atoms with Crippen molar-refractivity contribution < 1.29 is 34.7 Å². The number of unbranched alkanes of at least 4 members (excludes halogenated alkanes) is 9. The average molecular weight is 338 g/mol. The van der Waals surface area contributed by atoms with Crippen molar-refractivity contribution in [3.63, 3.8) is 0 Å². The lowest BCUT2D eigenvalue weighted by Gasteiger charge is -2.05. The van der Waals surface area contributed by atoms with E-state index >= 15 is 0 Å². The Bertz CT molecular complexity index is 215. The van der Waals surface area contributed by atoms with Gasteiger partial charge in [-0.05, 0) is 28.5 Å². The molecule has 1 N–H and O–H groups in total. The minimum atomic E-state index is -0.833. The Morgan fingerprint density at radius 1 is 0.652 bits per heavy atom. The van der Waals surface area contributed by atoms with Gasteiger partial charge in [-0.1, -0.05) is 64.7 Å². The van der Waals surface area contributed by atoms with Crippen molar-refractivity contribution in [2.45, 2.75) is 84.3 Å². The first-order valence-electron chi connectivity index (χ1n) is 8.81. The van der Waals surface area contributed by atoms with Crippen LogP contribution in [0.15, 0.2) is 0 Å². The van der Waals surface area contributed by atoms with Gasteiger partial charge in [-0.15, -0.1) is 0 Å². The summed E-state index contributed by atoms with van der Waals surface area (Å²) >= 11 is 0. The predicted octanol–water partition coefficient (Wildman–Crippen LogP) is 4.01. The molecular formula is C16H34O7. The Hall–Kier alpha value is -0.280. The lowest BCUT2D eigenvalue weighted by atomic mass is 10.1. The summed E-state index contributed by atoms with van der Waals surface area (Å²) in [5, 5.41) is 21.5. The molecular weight excluding hydrogens is 304 g/mol. The summed E-state index contributed by atoms with van der Waals surface area (Å²) in [6.45, 7) is 4.48. The second-order valence-electron chi connectivity index (χ2n) is 5.50. The van der Waals surface area contributed by atoms with Crippen molar-refractivity contribution in [3.8, 4) is 0 Å². The molecule has 0 fully saturated rings. The van der Waals surface area contributed by atoms with Gasteiger partial charge >= 0.3 is 0 Å². The fourth-order valence-corrected chi connectivity index (χ4v) is 2.02. The molecule has 0 aromatic heterocycles. The van der Waals surface area contributed by atoms with Crippen LogP contribution in [0, 0.1) is 0 Å². The molecule has 0 saturated carbocycles. The largest absolute Gasteiger partial charge is 0.368 e. The summed E-state index contributed by atoms with van der Waals surface area (Å²) in [6, 6.07) is 0. The maximum Gasteiger partial charge on any atom is 0.151 e. The lowest BCUT2D eigenvalue weighted by molar-refractivity contribution is -0.708. The molecule has 140 valence electrons. The molecule has 23 heavy (non-hydrogen) atoms. The number of hydrogen-bond acceptors (Lipinski definition) is 7. The van der Waals surface area contributed by atoms with Crippen LogP contribution >= 0.6 is 0 Å². The maximum absolute atomic E-state index is 8.79. The van der Waals surface area contributed by atoms with E-state index in [0.29, 0.717) is 6.61 Å². The highest BCUT2D eigenvalue weighted by Gasteiger charge is 1.97. The zero-order chi connectivity index (χ0) is 17.0. The highest BCUT2D eigenvalue weighted by atomic mass is 17.8. The van der Waals surface area contributed by atoms with Crippen molar-refractivity contribution in [2.24, 2.45) is 0 Å². The molecule has 0 spiro atoms. The smallest absolute Gasteiger partial charge is 0.151 e. The van der Waals surface area contributed by atoms with Gasteiger partial charge in [0, 0.05) is 0 Å². The topological polar surface area (TPSA) is 75.6 Å². The Balaban J connectivity index is 2.95. The van der Waals surface area contributed by atoms with E-state index in [1.54, 1.807) is 0 Å². The number of ether oxygens (including phenoxy) is 1. The van der Waals surface area contributed by atoms with Gasteiger partial charge in [-0.3, -0.25) is 0 Å². The van der Waals surface area contributed by atoms with E-state index in [1.807, 2.05) is 0 Å². The number of hydrogen-bond donors (Lipinski definition) is 1. The van der Waals surface area contributed by atoms with Crippen LogP contribution in [0.4, 0.5) is 0 Å². The van der Waals surface area contributed by atoms with Gasteiger partial charge in [0.25, 0.3) is 0 Å². The first kappa shape index (κ1) is 22.7. The van der Waals surface area contributed by atoms with E-state index < -0.39 is 6.29 Å². The first-order valence-corrected chi connectivity index (χ1v) is 8.81. The van der Waals surface area contributed by atoms with Gasteiger partial charge in [-0.25, -0.2) is 9.78 Å². The summed E-state index contributed by atoms with van der Waals surface area (Å²) in [7, 11) is 0. The molecule has 0 heterocycles. The molecule has 0 aromatic rings. The third-order valence-electron chi connectivity index (χ3n) is 3.26. The van der Waals surface area contributed by atoms with E-state index in [4.69, 9.17) is 14.7 Å². The number of aliphatic hydroxyl groups excluding tert-OH is 1. The van der Waals surface area contributed by atoms with Crippen molar-refractivity contribution in [1.82, 2.24) is 0 Å². The normalized spacial score (nSPS) is 12.7. The van der Waals surface area contributed by atoms with Crippen LogP contribution in [0.5, 0.6) is 0 Å². The SMILES string of the molecule is CCCCCCCCCCCCOOOOOCCOC(C)O. The number of rotatable bonds is 19. The molecule has 7 heteroatoms. The molecule has 0 radical (unpaired) electrons. The van der Waals surface area contributed by atoms with Gasteiger partial charge in [0.2, 0.25) is 0 Å². The van der Waals surface area contributed by atoms with E-state index in [0.717, 1.165) is 12.8 Å². The Morgan fingerprint density at radius 2 is 1.17 bits per heavy atom. The molecule has 0 aliphatic rings. The third kappa shape index (κ3) is 21.7. The van der Waals surface area contributed by atoms with Gasteiger partial charge in [-0.2, -0.15) is 0 Å². The van der Waals surface area contributed by atoms with Crippen LogP contribution in [-0.2, 0) is 29.6 Å². The van der Waals surface area contributed by atoms with E-state index in [-0.39, 0.29) is 13.2 Å². The van der Waals surface area contributed by atoms with Crippen LogP contribution in [0.25, 0.3) is 0 Å². The zero-order valence-electron chi connectivity index (χ0n) is 14.7. The van der Waals surface area contributed by atoms with E-state index in [1.165, 1.54) is 58.3 Å². The summed E-state index contributed by atoms with van der Waals surface area (Å²) < 4.78 is 4.79. The second-order valence-corrected chi connectivity index (χ2v) is 5.50. The maximum atomic E-state index is 8.79. The minimum Gasteiger partial charge on any atom is -0.368 e. The van der Waals surface area contributed by atoms with Crippen molar-refractivity contribution in [3.05, 3.63) is 0 Å². The molecule has 0 saturated heterocycles. The molecule has 1 unspecified atom stereocenters. The summed E-state index contributed by atoms with van der Waals surface area (Å²) in [5.41, 5.74) is 0.